The zero-order chi connectivity index (χ0) is 9.73. The highest BCUT2D eigenvalue weighted by Gasteiger charge is 2.25. The van der Waals surface area contributed by atoms with Crippen molar-refractivity contribution < 1.29 is 0 Å². The fraction of sp³-hybridized carbons (Fsp3) is 0.818. The van der Waals surface area contributed by atoms with Crippen molar-refractivity contribution in [3.8, 4) is 0 Å². The predicted octanol–water partition coefficient (Wildman–Crippen LogP) is 1.64. The highest BCUT2D eigenvalue weighted by molar-refractivity contribution is 4.87. The summed E-state index contributed by atoms with van der Waals surface area (Å²) in [7, 11) is 0. The van der Waals surface area contributed by atoms with E-state index in [0.29, 0.717) is 5.54 Å². The first kappa shape index (κ1) is 10.7. The lowest BCUT2D eigenvalue weighted by Crippen LogP contribution is -2.48. The standard InChI is InChI=1S/C11H22N2/c1-4-9-13-10-5-7-12-8-6-11(13,2)3/h4,12H,1,5-10H2,2-3H3. The van der Waals surface area contributed by atoms with Crippen LogP contribution in [-0.2, 0) is 0 Å². The van der Waals surface area contributed by atoms with Crippen LogP contribution in [0.1, 0.15) is 26.7 Å². The Hall–Kier alpha value is -0.340. The summed E-state index contributed by atoms with van der Waals surface area (Å²) in [5.74, 6) is 0. The van der Waals surface area contributed by atoms with Crippen LogP contribution in [0.15, 0.2) is 12.7 Å². The molecule has 2 nitrogen and oxygen atoms in total. The van der Waals surface area contributed by atoms with Gasteiger partial charge in [-0.15, -0.1) is 6.58 Å². The van der Waals surface area contributed by atoms with Crippen molar-refractivity contribution >= 4 is 0 Å². The topological polar surface area (TPSA) is 15.3 Å². The molecule has 1 aliphatic rings. The van der Waals surface area contributed by atoms with Crippen LogP contribution in [-0.4, -0.2) is 36.6 Å². The Morgan fingerprint density at radius 3 is 2.92 bits per heavy atom. The smallest absolute Gasteiger partial charge is 0.0168 e. The van der Waals surface area contributed by atoms with E-state index in [0.717, 1.165) is 19.6 Å². The molecule has 13 heavy (non-hydrogen) atoms. The largest absolute Gasteiger partial charge is 0.317 e. The lowest BCUT2D eigenvalue weighted by atomic mass is 9.96. The van der Waals surface area contributed by atoms with Gasteiger partial charge in [-0.1, -0.05) is 6.08 Å². The van der Waals surface area contributed by atoms with Crippen LogP contribution in [0, 0.1) is 0 Å². The molecule has 0 radical (unpaired) electrons. The van der Waals surface area contributed by atoms with Crippen molar-refractivity contribution in [1.82, 2.24) is 10.2 Å². The van der Waals surface area contributed by atoms with Gasteiger partial charge >= 0.3 is 0 Å². The second kappa shape index (κ2) is 4.77. The Kier molecular flexibility index (Phi) is 3.94. The predicted molar refractivity (Wildman–Crippen MR) is 58.0 cm³/mol. The molecular weight excluding hydrogens is 160 g/mol. The minimum Gasteiger partial charge on any atom is -0.317 e. The molecule has 0 unspecified atom stereocenters. The maximum atomic E-state index is 3.82. The molecule has 1 saturated heterocycles. The summed E-state index contributed by atoms with van der Waals surface area (Å²) < 4.78 is 0. The molecule has 0 aromatic rings. The van der Waals surface area contributed by atoms with Gasteiger partial charge in [0.1, 0.15) is 0 Å². The fourth-order valence-corrected chi connectivity index (χ4v) is 1.87. The Morgan fingerprint density at radius 2 is 2.23 bits per heavy atom. The van der Waals surface area contributed by atoms with E-state index < -0.39 is 0 Å². The van der Waals surface area contributed by atoms with Crippen LogP contribution >= 0.6 is 0 Å². The molecule has 0 aromatic carbocycles. The van der Waals surface area contributed by atoms with Gasteiger partial charge in [-0.25, -0.2) is 0 Å². The summed E-state index contributed by atoms with van der Waals surface area (Å²) in [6.07, 6.45) is 4.48. The van der Waals surface area contributed by atoms with E-state index in [2.05, 4.69) is 30.6 Å². The zero-order valence-corrected chi connectivity index (χ0v) is 8.97. The molecule has 1 rings (SSSR count). The fourth-order valence-electron chi connectivity index (χ4n) is 1.87. The van der Waals surface area contributed by atoms with Gasteiger partial charge in [-0.05, 0) is 39.8 Å². The van der Waals surface area contributed by atoms with Crippen molar-refractivity contribution in [1.29, 1.82) is 0 Å². The summed E-state index contributed by atoms with van der Waals surface area (Å²) in [6, 6.07) is 0. The van der Waals surface area contributed by atoms with E-state index in [1.54, 1.807) is 0 Å². The van der Waals surface area contributed by atoms with E-state index in [4.69, 9.17) is 0 Å². The van der Waals surface area contributed by atoms with Crippen molar-refractivity contribution in [2.45, 2.75) is 32.2 Å². The highest BCUT2D eigenvalue weighted by Crippen LogP contribution is 2.19. The van der Waals surface area contributed by atoms with Crippen LogP contribution in [0.25, 0.3) is 0 Å². The molecular formula is C11H22N2. The molecule has 1 heterocycles. The van der Waals surface area contributed by atoms with E-state index in [-0.39, 0.29) is 0 Å². The zero-order valence-electron chi connectivity index (χ0n) is 8.97. The van der Waals surface area contributed by atoms with Gasteiger partial charge in [0, 0.05) is 18.6 Å². The first-order valence-electron chi connectivity index (χ1n) is 5.23. The lowest BCUT2D eigenvalue weighted by Gasteiger charge is -2.39. The van der Waals surface area contributed by atoms with E-state index in [9.17, 15) is 0 Å². The normalized spacial score (nSPS) is 24.8. The van der Waals surface area contributed by atoms with Crippen molar-refractivity contribution in [2.24, 2.45) is 0 Å². The van der Waals surface area contributed by atoms with E-state index in [1.807, 2.05) is 6.08 Å². The van der Waals surface area contributed by atoms with Crippen LogP contribution in [0.4, 0.5) is 0 Å². The molecule has 1 aliphatic heterocycles. The van der Waals surface area contributed by atoms with Crippen LogP contribution in [0.2, 0.25) is 0 Å². The molecule has 0 aromatic heterocycles. The van der Waals surface area contributed by atoms with Gasteiger partial charge in [0.05, 0.1) is 0 Å². The number of hydrogen-bond acceptors (Lipinski definition) is 2. The monoisotopic (exact) mass is 182 g/mol. The van der Waals surface area contributed by atoms with Crippen LogP contribution in [0.5, 0.6) is 0 Å². The van der Waals surface area contributed by atoms with Gasteiger partial charge in [0.15, 0.2) is 0 Å². The number of nitrogens with zero attached hydrogens (tertiary/aromatic N) is 1. The Labute approximate surface area is 82.0 Å². The van der Waals surface area contributed by atoms with Gasteiger partial charge in [0.25, 0.3) is 0 Å². The lowest BCUT2D eigenvalue weighted by molar-refractivity contribution is 0.115. The molecule has 1 N–H and O–H groups in total. The Balaban J connectivity index is 2.56. The molecule has 2 heteroatoms. The highest BCUT2D eigenvalue weighted by atomic mass is 15.2. The quantitative estimate of drug-likeness (QED) is 0.653. The van der Waals surface area contributed by atoms with Crippen LogP contribution < -0.4 is 5.32 Å². The molecule has 0 aliphatic carbocycles. The summed E-state index contributed by atoms with van der Waals surface area (Å²) in [6.45, 7) is 13.0. The molecule has 0 amide bonds. The molecule has 0 saturated carbocycles. The number of nitrogens with one attached hydrogen (secondary N) is 1. The van der Waals surface area contributed by atoms with E-state index in [1.165, 1.54) is 19.4 Å². The third-order valence-corrected chi connectivity index (χ3v) is 2.90. The third kappa shape index (κ3) is 3.12. The van der Waals surface area contributed by atoms with Crippen molar-refractivity contribution in [2.75, 3.05) is 26.2 Å². The van der Waals surface area contributed by atoms with Crippen molar-refractivity contribution in [3.63, 3.8) is 0 Å². The third-order valence-electron chi connectivity index (χ3n) is 2.90. The van der Waals surface area contributed by atoms with Gasteiger partial charge in [-0.2, -0.15) is 0 Å². The second-order valence-electron chi connectivity index (χ2n) is 4.40. The summed E-state index contributed by atoms with van der Waals surface area (Å²) in [4.78, 5) is 2.53. The van der Waals surface area contributed by atoms with E-state index >= 15 is 0 Å². The molecule has 1 fully saturated rings. The molecule has 76 valence electrons. The van der Waals surface area contributed by atoms with Gasteiger partial charge in [0.2, 0.25) is 0 Å². The summed E-state index contributed by atoms with van der Waals surface area (Å²) >= 11 is 0. The number of hydrogen-bond donors (Lipinski definition) is 1. The minimum atomic E-state index is 0.321. The van der Waals surface area contributed by atoms with Crippen LogP contribution in [0.3, 0.4) is 0 Å². The molecule has 0 bridgehead atoms. The minimum absolute atomic E-state index is 0.321. The first-order chi connectivity index (χ1) is 6.17. The average Bonchev–Trinajstić information content (AvgIpc) is 2.06. The second-order valence-corrected chi connectivity index (χ2v) is 4.40. The van der Waals surface area contributed by atoms with Gasteiger partial charge in [-0.3, -0.25) is 4.90 Å². The molecule has 0 atom stereocenters. The average molecular weight is 182 g/mol. The first-order valence-corrected chi connectivity index (χ1v) is 5.23. The Morgan fingerprint density at radius 1 is 1.46 bits per heavy atom. The summed E-state index contributed by atoms with van der Waals surface area (Å²) in [5, 5.41) is 3.45. The van der Waals surface area contributed by atoms with Crippen molar-refractivity contribution in [3.05, 3.63) is 12.7 Å². The number of rotatable bonds is 2. The molecule has 0 spiro atoms. The maximum absolute atomic E-state index is 3.82. The summed E-state index contributed by atoms with van der Waals surface area (Å²) in [5.41, 5.74) is 0.321. The maximum Gasteiger partial charge on any atom is 0.0168 e. The Bertz CT molecular complexity index is 163. The SMILES string of the molecule is C=CCN1CCCNCCC1(C)C. The van der Waals surface area contributed by atoms with Gasteiger partial charge < -0.3 is 5.32 Å².